The molecule has 1 aliphatic heterocycles. The average Bonchev–Trinajstić information content (AvgIpc) is 2.59. The quantitative estimate of drug-likeness (QED) is 0.813. The van der Waals surface area contributed by atoms with Crippen LogP contribution in [0.15, 0.2) is 6.07 Å². The zero-order valence-electron chi connectivity index (χ0n) is 8.61. The van der Waals surface area contributed by atoms with Crippen molar-refractivity contribution in [3.05, 3.63) is 10.9 Å². The number of rotatable bonds is 2. The van der Waals surface area contributed by atoms with Crippen LogP contribution in [0.2, 0.25) is 0 Å². The summed E-state index contributed by atoms with van der Waals surface area (Å²) in [6.45, 7) is 4.91. The predicted molar refractivity (Wildman–Crippen MR) is 59.0 cm³/mol. The first kappa shape index (κ1) is 10.3. The molecule has 0 spiro atoms. The average molecular weight is 227 g/mol. The second kappa shape index (κ2) is 3.73. The molecule has 0 saturated carbocycles. The second-order valence-corrected chi connectivity index (χ2v) is 4.94. The Hall–Kier alpha value is -1.23. The van der Waals surface area contributed by atoms with Crippen molar-refractivity contribution in [2.45, 2.75) is 20.0 Å². The van der Waals surface area contributed by atoms with Crippen molar-refractivity contribution in [3.8, 4) is 5.75 Å². The molecule has 0 aliphatic carbocycles. The number of hydrogen-bond donors (Lipinski definition) is 2. The summed E-state index contributed by atoms with van der Waals surface area (Å²) in [5, 5.41) is 12.9. The van der Waals surface area contributed by atoms with Gasteiger partial charge in [-0.3, -0.25) is 0 Å². The number of fused-ring (bicyclic) bond motifs is 1. The number of ether oxygens (including phenoxy) is 1. The number of thiophene rings is 1. The van der Waals surface area contributed by atoms with Gasteiger partial charge in [-0.1, -0.05) is 13.8 Å². The third-order valence-corrected chi connectivity index (χ3v) is 3.46. The molecular weight excluding hydrogens is 214 g/mol. The summed E-state index contributed by atoms with van der Waals surface area (Å²) in [6, 6.07) is 1.59. The van der Waals surface area contributed by atoms with Crippen molar-refractivity contribution in [1.82, 2.24) is 0 Å². The van der Waals surface area contributed by atoms with E-state index in [2.05, 4.69) is 19.2 Å². The minimum absolute atomic E-state index is 0.119. The van der Waals surface area contributed by atoms with Gasteiger partial charge in [-0.15, -0.1) is 11.3 Å². The molecule has 0 radical (unpaired) electrons. The van der Waals surface area contributed by atoms with Gasteiger partial charge in [0.1, 0.15) is 16.0 Å². The summed E-state index contributed by atoms with van der Waals surface area (Å²) >= 11 is 1.22. The van der Waals surface area contributed by atoms with Crippen molar-refractivity contribution in [3.63, 3.8) is 0 Å². The van der Waals surface area contributed by atoms with Crippen molar-refractivity contribution >= 4 is 22.3 Å². The SMILES string of the molecule is CC(C)C1CNc2sc(C(=O)O)cc2O1. The third kappa shape index (κ3) is 1.92. The lowest BCUT2D eigenvalue weighted by Gasteiger charge is -2.27. The van der Waals surface area contributed by atoms with Crippen LogP contribution in [0.25, 0.3) is 0 Å². The molecule has 2 N–H and O–H groups in total. The number of hydrogen-bond acceptors (Lipinski definition) is 4. The Morgan fingerprint density at radius 3 is 3.07 bits per heavy atom. The van der Waals surface area contributed by atoms with Gasteiger partial charge in [-0.25, -0.2) is 4.79 Å². The smallest absolute Gasteiger partial charge is 0.346 e. The van der Waals surface area contributed by atoms with Gasteiger partial charge in [0.25, 0.3) is 0 Å². The summed E-state index contributed by atoms with van der Waals surface area (Å²) in [4.78, 5) is 11.1. The van der Waals surface area contributed by atoms with Gasteiger partial charge in [-0.05, 0) is 5.92 Å². The number of carbonyl (C=O) groups is 1. The second-order valence-electron chi connectivity index (χ2n) is 3.89. The maximum absolute atomic E-state index is 10.8. The lowest BCUT2D eigenvalue weighted by atomic mass is 10.1. The highest BCUT2D eigenvalue weighted by Gasteiger charge is 2.25. The van der Waals surface area contributed by atoms with Crippen LogP contribution in [0, 0.1) is 5.92 Å². The van der Waals surface area contributed by atoms with E-state index in [1.807, 2.05) is 0 Å². The highest BCUT2D eigenvalue weighted by molar-refractivity contribution is 7.18. The van der Waals surface area contributed by atoms with E-state index in [-0.39, 0.29) is 6.10 Å². The van der Waals surface area contributed by atoms with Crippen LogP contribution >= 0.6 is 11.3 Å². The van der Waals surface area contributed by atoms with Crippen LogP contribution in [-0.2, 0) is 0 Å². The monoisotopic (exact) mass is 227 g/mol. The normalized spacial score (nSPS) is 19.3. The van der Waals surface area contributed by atoms with Crippen LogP contribution < -0.4 is 10.1 Å². The minimum atomic E-state index is -0.902. The van der Waals surface area contributed by atoms with Gasteiger partial charge in [0, 0.05) is 6.07 Å². The lowest BCUT2D eigenvalue weighted by molar-refractivity contribution is 0.0701. The summed E-state index contributed by atoms with van der Waals surface area (Å²) in [5.74, 6) is 0.182. The van der Waals surface area contributed by atoms with E-state index in [1.54, 1.807) is 6.07 Å². The molecule has 0 saturated heterocycles. The lowest BCUT2D eigenvalue weighted by Crippen LogP contribution is -2.34. The molecule has 0 amide bonds. The molecule has 0 fully saturated rings. The first-order valence-electron chi connectivity index (χ1n) is 4.85. The van der Waals surface area contributed by atoms with Crippen molar-refractivity contribution in [1.29, 1.82) is 0 Å². The zero-order valence-corrected chi connectivity index (χ0v) is 9.43. The fourth-order valence-electron chi connectivity index (χ4n) is 1.46. The molecule has 5 heteroatoms. The first-order valence-corrected chi connectivity index (χ1v) is 5.67. The Morgan fingerprint density at radius 1 is 1.73 bits per heavy atom. The van der Waals surface area contributed by atoms with Gasteiger partial charge in [0.2, 0.25) is 0 Å². The Labute approximate surface area is 91.9 Å². The van der Waals surface area contributed by atoms with E-state index < -0.39 is 5.97 Å². The van der Waals surface area contributed by atoms with Crippen LogP contribution in [-0.4, -0.2) is 23.7 Å². The van der Waals surface area contributed by atoms with Gasteiger partial charge < -0.3 is 15.2 Å². The molecule has 0 bridgehead atoms. The van der Waals surface area contributed by atoms with Crippen molar-refractivity contribution in [2.75, 3.05) is 11.9 Å². The number of carboxylic acid groups (broad SMARTS) is 1. The van der Waals surface area contributed by atoms with Gasteiger partial charge in [0.15, 0.2) is 5.75 Å². The van der Waals surface area contributed by atoms with E-state index in [1.165, 1.54) is 11.3 Å². The Morgan fingerprint density at radius 2 is 2.47 bits per heavy atom. The van der Waals surface area contributed by atoms with Crippen molar-refractivity contribution < 1.29 is 14.6 Å². The molecular formula is C10H13NO3S. The number of carboxylic acids is 1. The maximum Gasteiger partial charge on any atom is 0.346 e. The molecule has 82 valence electrons. The highest BCUT2D eigenvalue weighted by Crippen LogP contribution is 2.38. The Bertz CT molecular complexity index is 386. The predicted octanol–water partition coefficient (Wildman–Crippen LogP) is 2.28. The summed E-state index contributed by atoms with van der Waals surface area (Å²) in [6.07, 6.45) is 0.119. The van der Waals surface area contributed by atoms with Crippen molar-refractivity contribution in [2.24, 2.45) is 5.92 Å². The standard InChI is InChI=1S/C10H13NO3S/c1-5(2)7-4-11-9-6(14-7)3-8(15-9)10(12)13/h3,5,7,11H,4H2,1-2H3,(H,12,13). The number of anilines is 1. The summed E-state index contributed by atoms with van der Waals surface area (Å²) in [5.41, 5.74) is 0. The van der Waals surface area contributed by atoms with E-state index in [0.717, 1.165) is 11.5 Å². The van der Waals surface area contributed by atoms with Crippen LogP contribution in [0.4, 0.5) is 5.00 Å². The largest absolute Gasteiger partial charge is 0.485 e. The molecule has 1 atom stereocenters. The van der Waals surface area contributed by atoms with Crippen LogP contribution in [0.3, 0.4) is 0 Å². The Balaban J connectivity index is 2.23. The number of aromatic carboxylic acids is 1. The highest BCUT2D eigenvalue weighted by atomic mass is 32.1. The summed E-state index contributed by atoms with van der Waals surface area (Å²) in [7, 11) is 0. The minimum Gasteiger partial charge on any atom is -0.485 e. The molecule has 2 heterocycles. The van der Waals surface area contributed by atoms with E-state index in [0.29, 0.717) is 16.5 Å². The molecule has 4 nitrogen and oxygen atoms in total. The number of nitrogens with one attached hydrogen (secondary N) is 1. The van der Waals surface area contributed by atoms with E-state index in [9.17, 15) is 4.79 Å². The van der Waals surface area contributed by atoms with E-state index in [4.69, 9.17) is 9.84 Å². The van der Waals surface area contributed by atoms with Crippen LogP contribution in [0.5, 0.6) is 5.75 Å². The molecule has 15 heavy (non-hydrogen) atoms. The molecule has 1 aliphatic rings. The fourth-order valence-corrected chi connectivity index (χ4v) is 2.30. The first-order chi connectivity index (χ1) is 7.08. The molecule has 1 unspecified atom stereocenters. The fraction of sp³-hybridized carbons (Fsp3) is 0.500. The van der Waals surface area contributed by atoms with Gasteiger partial charge in [0.05, 0.1) is 6.54 Å². The van der Waals surface area contributed by atoms with Gasteiger partial charge in [-0.2, -0.15) is 0 Å². The van der Waals surface area contributed by atoms with Crippen LogP contribution in [0.1, 0.15) is 23.5 Å². The zero-order chi connectivity index (χ0) is 11.0. The molecule has 1 aromatic heterocycles. The Kier molecular flexibility index (Phi) is 2.56. The van der Waals surface area contributed by atoms with Gasteiger partial charge >= 0.3 is 5.97 Å². The molecule has 0 aromatic carbocycles. The maximum atomic E-state index is 10.8. The molecule has 1 aromatic rings. The van der Waals surface area contributed by atoms with E-state index >= 15 is 0 Å². The third-order valence-electron chi connectivity index (χ3n) is 2.39. The summed E-state index contributed by atoms with van der Waals surface area (Å²) < 4.78 is 5.71. The molecule has 2 rings (SSSR count). The topological polar surface area (TPSA) is 58.6 Å².